The van der Waals surface area contributed by atoms with E-state index in [1.807, 2.05) is 68.7 Å². The highest BCUT2D eigenvalue weighted by atomic mass is 16.6. The van der Waals surface area contributed by atoms with Gasteiger partial charge in [-0.25, -0.2) is 24.4 Å². The van der Waals surface area contributed by atoms with Gasteiger partial charge in [-0.2, -0.15) is 5.10 Å². The lowest BCUT2D eigenvalue weighted by Gasteiger charge is -2.14. The molecule has 0 atom stereocenters. The lowest BCUT2D eigenvalue weighted by molar-refractivity contribution is 0.211. The minimum atomic E-state index is -0.619. The van der Waals surface area contributed by atoms with Crippen molar-refractivity contribution >= 4 is 40.3 Å². The van der Waals surface area contributed by atoms with Gasteiger partial charge in [-0.05, 0) is 36.8 Å². The molecule has 11 heteroatoms. The van der Waals surface area contributed by atoms with E-state index in [-0.39, 0.29) is 5.41 Å². The van der Waals surface area contributed by atoms with Crippen LogP contribution < -0.4 is 21.1 Å². The monoisotopic (exact) mass is 511 g/mol. The number of aromatic nitrogens is 6. The zero-order valence-corrected chi connectivity index (χ0v) is 21.9. The van der Waals surface area contributed by atoms with Crippen LogP contribution >= 0.6 is 0 Å². The Kier molecular flexibility index (Phi) is 6.19. The second kappa shape index (κ2) is 9.51. The minimum Gasteiger partial charge on any atom is -0.391 e. The average molecular weight is 512 g/mol. The van der Waals surface area contributed by atoms with E-state index in [0.717, 1.165) is 28.0 Å². The largest absolute Gasteiger partial charge is 0.418 e. The zero-order chi connectivity index (χ0) is 27.0. The van der Waals surface area contributed by atoms with E-state index in [2.05, 4.69) is 25.7 Å². The van der Waals surface area contributed by atoms with E-state index in [4.69, 9.17) is 15.5 Å². The summed E-state index contributed by atoms with van der Waals surface area (Å²) in [5, 5.41) is 10.6. The number of para-hydroxylation sites is 2. The molecule has 1 amide bonds. The number of hydrogen-bond acceptors (Lipinski definition) is 8. The quantitative estimate of drug-likeness (QED) is 0.297. The Hall–Kier alpha value is -4.93. The summed E-state index contributed by atoms with van der Waals surface area (Å²) in [4.78, 5) is 25.8. The molecule has 0 aliphatic carbocycles. The Morgan fingerprint density at radius 3 is 2.58 bits per heavy atom. The minimum absolute atomic E-state index is 0.165. The number of anilines is 4. The number of nitrogens with two attached hydrogens (primary N) is 1. The lowest BCUT2D eigenvalue weighted by Crippen LogP contribution is -2.18. The molecule has 0 radical (unpaired) electrons. The molecule has 0 bridgehead atoms. The van der Waals surface area contributed by atoms with E-state index >= 15 is 0 Å². The second-order valence-corrected chi connectivity index (χ2v) is 9.97. The molecule has 5 rings (SSSR count). The predicted octanol–water partition coefficient (Wildman–Crippen LogP) is 5.09. The van der Waals surface area contributed by atoms with Crippen LogP contribution in [-0.2, 0) is 12.5 Å². The highest BCUT2D eigenvalue weighted by molar-refractivity contribution is 5.88. The van der Waals surface area contributed by atoms with Gasteiger partial charge >= 0.3 is 6.09 Å². The average Bonchev–Trinajstić information content (AvgIpc) is 3.41. The first-order valence-electron chi connectivity index (χ1n) is 12.0. The summed E-state index contributed by atoms with van der Waals surface area (Å²) in [5.41, 5.74) is 10.5. The summed E-state index contributed by atoms with van der Waals surface area (Å²) in [6.45, 7) is 8.11. The van der Waals surface area contributed by atoms with Gasteiger partial charge in [0.25, 0.3) is 0 Å². The number of nitrogens with zero attached hydrogens (tertiary/aromatic N) is 6. The van der Waals surface area contributed by atoms with Crippen molar-refractivity contribution in [2.45, 2.75) is 33.1 Å². The van der Waals surface area contributed by atoms with Crippen LogP contribution in [0.1, 0.15) is 32.0 Å². The lowest BCUT2D eigenvalue weighted by atomic mass is 9.93. The van der Waals surface area contributed by atoms with Gasteiger partial charge in [0, 0.05) is 36.0 Å². The molecule has 2 aromatic carbocycles. The van der Waals surface area contributed by atoms with Gasteiger partial charge in [0.1, 0.15) is 18.0 Å². The maximum Gasteiger partial charge on any atom is 0.418 e. The maximum atomic E-state index is 12.7. The Balaban J connectivity index is 1.41. The van der Waals surface area contributed by atoms with Gasteiger partial charge in [0.2, 0.25) is 11.8 Å². The summed E-state index contributed by atoms with van der Waals surface area (Å²) in [7, 11) is 1.74. The number of ether oxygens (including phenoxy) is 1. The number of benzene rings is 2. The van der Waals surface area contributed by atoms with Gasteiger partial charge in [-0.1, -0.05) is 39.0 Å². The number of rotatable bonds is 5. The molecule has 0 aliphatic heterocycles. The maximum absolute atomic E-state index is 12.7. The summed E-state index contributed by atoms with van der Waals surface area (Å²) in [6.07, 6.45) is 0.795. The molecule has 11 nitrogen and oxygen atoms in total. The number of amides is 1. The highest BCUT2D eigenvalue weighted by Gasteiger charge is 2.21. The molecule has 0 unspecified atom stereocenters. The van der Waals surface area contributed by atoms with Crippen LogP contribution in [0.5, 0.6) is 5.88 Å². The fourth-order valence-electron chi connectivity index (χ4n) is 3.93. The first-order chi connectivity index (χ1) is 18.1. The van der Waals surface area contributed by atoms with Crippen molar-refractivity contribution in [2.24, 2.45) is 7.05 Å². The van der Waals surface area contributed by atoms with E-state index in [1.165, 1.54) is 6.33 Å². The molecule has 3 heterocycles. The van der Waals surface area contributed by atoms with Crippen molar-refractivity contribution in [1.82, 2.24) is 29.3 Å². The summed E-state index contributed by atoms with van der Waals surface area (Å²) < 4.78 is 8.95. The van der Waals surface area contributed by atoms with E-state index in [9.17, 15) is 4.79 Å². The molecule has 3 aromatic heterocycles. The number of nitrogens with one attached hydrogen (secondary N) is 2. The van der Waals surface area contributed by atoms with E-state index in [1.54, 1.807) is 29.9 Å². The fraction of sp³-hybridized carbons (Fsp3) is 0.222. The third-order valence-electron chi connectivity index (χ3n) is 6.00. The van der Waals surface area contributed by atoms with Crippen molar-refractivity contribution in [2.75, 3.05) is 16.4 Å². The summed E-state index contributed by atoms with van der Waals surface area (Å²) >= 11 is 0. The number of carbonyl (C=O) groups excluding carboxylic acids is 1. The molecule has 0 aliphatic rings. The van der Waals surface area contributed by atoms with Gasteiger partial charge in [-0.15, -0.1) is 0 Å². The number of hydrogen-bond donors (Lipinski definition) is 3. The Bertz CT molecular complexity index is 1650. The van der Waals surface area contributed by atoms with Gasteiger partial charge in [-0.3, -0.25) is 9.88 Å². The molecule has 0 spiro atoms. The van der Waals surface area contributed by atoms with Gasteiger partial charge in [0.05, 0.1) is 16.7 Å². The van der Waals surface area contributed by atoms with Gasteiger partial charge in [0.15, 0.2) is 0 Å². The van der Waals surface area contributed by atoms with Crippen molar-refractivity contribution in [3.8, 4) is 11.7 Å². The first-order valence-corrected chi connectivity index (χ1v) is 12.0. The van der Waals surface area contributed by atoms with E-state index < -0.39 is 6.09 Å². The molecule has 5 aromatic rings. The SMILES string of the molecule is Cc1ccc(NC(=O)Oc2cc(C(C)(C)C)nn2C)cc1Nc1nc2ccccc2n1-c1cc(N)ncn1. The Labute approximate surface area is 219 Å². The highest BCUT2D eigenvalue weighted by Crippen LogP contribution is 2.30. The molecule has 4 N–H and O–H groups in total. The standard InChI is InChI=1S/C27H29N9O2/c1-16-10-11-17(31-26(37)38-24-13-21(27(2,3)4)34-35(24)5)12-19(16)33-25-32-18-8-6-7-9-20(18)36(25)23-14-22(28)29-15-30-23/h6-15H,1-5H3,(H,31,37)(H,32,33)(H2,28,29,30). The summed E-state index contributed by atoms with van der Waals surface area (Å²) in [6, 6.07) is 16.7. The number of nitrogen functional groups attached to an aromatic ring is 1. The van der Waals surface area contributed by atoms with Crippen LogP contribution in [0.2, 0.25) is 0 Å². The smallest absolute Gasteiger partial charge is 0.391 e. The fourth-order valence-corrected chi connectivity index (χ4v) is 3.93. The molecule has 38 heavy (non-hydrogen) atoms. The van der Waals surface area contributed by atoms with Crippen LogP contribution in [0.4, 0.5) is 27.9 Å². The number of fused-ring (bicyclic) bond motifs is 1. The van der Waals surface area contributed by atoms with Crippen LogP contribution in [0.3, 0.4) is 0 Å². The molecular weight excluding hydrogens is 482 g/mol. The molecule has 194 valence electrons. The van der Waals surface area contributed by atoms with Crippen molar-refractivity contribution < 1.29 is 9.53 Å². The number of aryl methyl sites for hydroxylation is 2. The van der Waals surface area contributed by atoms with Crippen LogP contribution in [0.25, 0.3) is 16.9 Å². The number of carbonyl (C=O) groups is 1. The molecule has 0 saturated heterocycles. The van der Waals surface area contributed by atoms with Gasteiger partial charge < -0.3 is 15.8 Å². The van der Waals surface area contributed by atoms with Crippen molar-refractivity contribution in [1.29, 1.82) is 0 Å². The molecule has 0 fully saturated rings. The zero-order valence-electron chi connectivity index (χ0n) is 21.9. The molecule has 0 saturated carbocycles. The normalized spacial score (nSPS) is 11.5. The predicted molar refractivity (Wildman–Crippen MR) is 147 cm³/mol. The van der Waals surface area contributed by atoms with Crippen LogP contribution in [0.15, 0.2) is 60.9 Å². The molecular formula is C27H29N9O2. The van der Waals surface area contributed by atoms with E-state index in [0.29, 0.717) is 29.2 Å². The second-order valence-electron chi connectivity index (χ2n) is 9.97. The Morgan fingerprint density at radius 1 is 1.05 bits per heavy atom. The first kappa shape index (κ1) is 24.8. The topological polar surface area (TPSA) is 138 Å². The summed E-state index contributed by atoms with van der Waals surface area (Å²) in [5.74, 6) is 1.82. The number of imidazole rings is 1. The third kappa shape index (κ3) is 4.99. The van der Waals surface area contributed by atoms with Crippen LogP contribution in [-0.4, -0.2) is 35.4 Å². The third-order valence-corrected chi connectivity index (χ3v) is 6.00. The Morgan fingerprint density at radius 2 is 1.84 bits per heavy atom. The van der Waals surface area contributed by atoms with Crippen LogP contribution in [0, 0.1) is 6.92 Å². The van der Waals surface area contributed by atoms with Crippen molar-refractivity contribution in [3.05, 3.63) is 72.2 Å². The van der Waals surface area contributed by atoms with Crippen molar-refractivity contribution in [3.63, 3.8) is 0 Å².